The van der Waals surface area contributed by atoms with E-state index in [9.17, 15) is 4.79 Å². The van der Waals surface area contributed by atoms with Gasteiger partial charge in [-0.1, -0.05) is 13.8 Å². The van der Waals surface area contributed by atoms with Crippen LogP contribution in [-0.4, -0.2) is 55.3 Å². The van der Waals surface area contributed by atoms with Crippen LogP contribution in [0.25, 0.3) is 0 Å². The second-order valence-corrected chi connectivity index (χ2v) is 3.96. The van der Waals surface area contributed by atoms with Gasteiger partial charge in [0.1, 0.15) is 0 Å². The zero-order chi connectivity index (χ0) is 13.1. The molecule has 0 fully saturated rings. The molecule has 0 aliphatic rings. The maximum atomic E-state index is 11.2. The molecule has 0 atom stereocenters. The molecule has 4 N–H and O–H groups in total. The molecule has 0 saturated heterocycles. The number of hydrogen-bond acceptors (Lipinski definition) is 5. The Hall–Kier alpha value is -0.890. The zero-order valence-electron chi connectivity index (χ0n) is 10.3. The third kappa shape index (κ3) is 10.0. The molecule has 2 amide bonds. The summed E-state index contributed by atoms with van der Waals surface area (Å²) in [5.74, 6) is 0.390. The zero-order valence-corrected chi connectivity index (χ0v) is 10.3. The molecule has 17 heavy (non-hydrogen) atoms. The molecule has 102 valence electrons. The van der Waals surface area contributed by atoms with Gasteiger partial charge in [-0.3, -0.25) is 0 Å². The van der Waals surface area contributed by atoms with E-state index in [4.69, 9.17) is 20.0 Å². The minimum absolute atomic E-state index is 0.239. The first-order valence-electron chi connectivity index (χ1n) is 5.60. The minimum Gasteiger partial charge on any atom is -0.394 e. The van der Waals surface area contributed by atoms with Gasteiger partial charge >= 0.3 is 6.03 Å². The Bertz CT molecular complexity index is 197. The average Bonchev–Trinajstić information content (AvgIpc) is 2.30. The number of nitrogens with one attached hydrogen (secondary N) is 2. The van der Waals surface area contributed by atoms with Crippen molar-refractivity contribution in [3.05, 3.63) is 0 Å². The quantitative estimate of drug-likeness (QED) is 0.245. The largest absolute Gasteiger partial charge is 0.394 e. The van der Waals surface area contributed by atoms with Crippen LogP contribution in [0.15, 0.2) is 0 Å². The lowest BCUT2D eigenvalue weighted by Crippen LogP contribution is -2.46. The number of rotatable bonds is 9. The van der Waals surface area contributed by atoms with Crippen LogP contribution >= 0.6 is 0 Å². The minimum atomic E-state index is -0.645. The molecule has 0 aromatic rings. The number of carbonyl (C=O) groups is 1. The Morgan fingerprint density at radius 2 is 1.88 bits per heavy atom. The molecule has 0 aromatic carbocycles. The fourth-order valence-electron chi connectivity index (χ4n) is 0.835. The molecule has 0 saturated carbocycles. The van der Waals surface area contributed by atoms with Crippen molar-refractivity contribution in [2.45, 2.75) is 19.9 Å². The van der Waals surface area contributed by atoms with Gasteiger partial charge in [0.05, 0.1) is 32.5 Å². The molecule has 0 aliphatic heterocycles. The second kappa shape index (κ2) is 10.3. The number of aliphatic hydroxyl groups excluding tert-OH is 2. The summed E-state index contributed by atoms with van der Waals surface area (Å²) in [4.78, 5) is 20.8. The number of hydrogen-bond donors (Lipinski definition) is 4. The van der Waals surface area contributed by atoms with Crippen LogP contribution < -0.4 is 10.6 Å². The highest BCUT2D eigenvalue weighted by Gasteiger charge is 2.08. The summed E-state index contributed by atoms with van der Waals surface area (Å²) in [5, 5.41) is 22.3. The molecular formula is C10H22N2O5. The molecule has 0 spiro atoms. The van der Waals surface area contributed by atoms with Crippen molar-refractivity contribution in [2.75, 3.05) is 33.0 Å². The van der Waals surface area contributed by atoms with Crippen LogP contribution in [0.1, 0.15) is 13.8 Å². The van der Waals surface area contributed by atoms with Gasteiger partial charge in [0.2, 0.25) is 0 Å². The fraction of sp³-hybridized carbons (Fsp3) is 0.900. The summed E-state index contributed by atoms with van der Waals surface area (Å²) >= 11 is 0. The number of aliphatic hydroxyl groups is 2. The lowest BCUT2D eigenvalue weighted by Gasteiger charge is -2.14. The van der Waals surface area contributed by atoms with Crippen LogP contribution in [0, 0.1) is 5.92 Å². The Morgan fingerprint density at radius 3 is 2.41 bits per heavy atom. The van der Waals surface area contributed by atoms with Gasteiger partial charge in [0, 0.05) is 6.54 Å². The molecule has 0 aliphatic carbocycles. The summed E-state index contributed by atoms with van der Waals surface area (Å²) in [6, 6.07) is -1.11. The average molecular weight is 250 g/mol. The molecule has 0 radical (unpaired) electrons. The van der Waals surface area contributed by atoms with E-state index in [-0.39, 0.29) is 26.4 Å². The summed E-state index contributed by atoms with van der Waals surface area (Å²) in [5.41, 5.74) is 0. The molecule has 0 aromatic heterocycles. The van der Waals surface area contributed by atoms with Gasteiger partial charge in [0.15, 0.2) is 0 Å². The summed E-state index contributed by atoms with van der Waals surface area (Å²) in [7, 11) is 0. The van der Waals surface area contributed by atoms with E-state index in [1.807, 2.05) is 13.8 Å². The highest BCUT2D eigenvalue weighted by atomic mass is 17.2. The van der Waals surface area contributed by atoms with Gasteiger partial charge in [-0.05, 0) is 5.92 Å². The predicted molar refractivity (Wildman–Crippen MR) is 61.2 cm³/mol. The van der Waals surface area contributed by atoms with Crippen molar-refractivity contribution in [1.82, 2.24) is 10.6 Å². The van der Waals surface area contributed by atoms with Gasteiger partial charge in [-0.15, -0.1) is 0 Å². The van der Waals surface area contributed by atoms with Crippen LogP contribution in [-0.2, 0) is 9.78 Å². The summed E-state index contributed by atoms with van der Waals surface area (Å²) in [6.07, 6.45) is 0. The molecule has 0 bridgehead atoms. The maximum absolute atomic E-state index is 11.2. The third-order valence-corrected chi connectivity index (χ3v) is 1.73. The first-order chi connectivity index (χ1) is 8.10. The third-order valence-electron chi connectivity index (χ3n) is 1.73. The Labute approximate surface area is 101 Å². The van der Waals surface area contributed by atoms with Crippen molar-refractivity contribution in [3.63, 3.8) is 0 Å². The molecule has 7 nitrogen and oxygen atoms in total. The predicted octanol–water partition coefficient (Wildman–Crippen LogP) is -0.757. The molecule has 0 unspecified atom stereocenters. The van der Waals surface area contributed by atoms with Gasteiger partial charge in [-0.2, -0.15) is 0 Å². The van der Waals surface area contributed by atoms with Gasteiger partial charge in [0.25, 0.3) is 0 Å². The first-order valence-corrected chi connectivity index (χ1v) is 5.60. The van der Waals surface area contributed by atoms with Crippen molar-refractivity contribution >= 4 is 6.03 Å². The molecule has 0 heterocycles. The fourth-order valence-corrected chi connectivity index (χ4v) is 0.835. The monoisotopic (exact) mass is 250 g/mol. The van der Waals surface area contributed by atoms with Crippen molar-refractivity contribution in [2.24, 2.45) is 5.92 Å². The van der Waals surface area contributed by atoms with Crippen LogP contribution in [0.5, 0.6) is 0 Å². The van der Waals surface area contributed by atoms with Crippen LogP contribution in [0.4, 0.5) is 4.79 Å². The second-order valence-electron chi connectivity index (χ2n) is 3.96. The highest BCUT2D eigenvalue weighted by Crippen LogP contribution is 1.92. The lowest BCUT2D eigenvalue weighted by molar-refractivity contribution is -0.298. The number of urea groups is 1. The maximum Gasteiger partial charge on any atom is 0.315 e. The molecule has 0 rings (SSSR count). The summed E-state index contributed by atoms with van der Waals surface area (Å²) in [6.45, 7) is 4.41. The lowest BCUT2D eigenvalue weighted by atomic mass is 10.2. The number of amides is 2. The van der Waals surface area contributed by atoms with Crippen molar-refractivity contribution in [3.8, 4) is 0 Å². The van der Waals surface area contributed by atoms with Crippen molar-refractivity contribution < 1.29 is 24.8 Å². The molecular weight excluding hydrogens is 228 g/mol. The SMILES string of the molecule is CC(C)COOCCNC(=O)NC(CO)CO. The van der Waals surface area contributed by atoms with Gasteiger partial charge < -0.3 is 20.8 Å². The highest BCUT2D eigenvalue weighted by molar-refractivity contribution is 5.74. The van der Waals surface area contributed by atoms with E-state index in [1.165, 1.54) is 0 Å². The Balaban J connectivity index is 3.39. The first kappa shape index (κ1) is 16.1. The Morgan fingerprint density at radius 1 is 1.24 bits per heavy atom. The van der Waals surface area contributed by atoms with Crippen molar-refractivity contribution in [1.29, 1.82) is 0 Å². The van der Waals surface area contributed by atoms with E-state index in [0.29, 0.717) is 12.5 Å². The van der Waals surface area contributed by atoms with E-state index >= 15 is 0 Å². The van der Waals surface area contributed by atoms with E-state index in [0.717, 1.165) is 0 Å². The van der Waals surface area contributed by atoms with Gasteiger partial charge in [-0.25, -0.2) is 14.6 Å². The van der Waals surface area contributed by atoms with E-state index in [1.54, 1.807) is 0 Å². The Kier molecular flexibility index (Phi) is 9.74. The summed E-state index contributed by atoms with van der Waals surface area (Å²) < 4.78 is 0. The van der Waals surface area contributed by atoms with Crippen LogP contribution in [0.2, 0.25) is 0 Å². The smallest absolute Gasteiger partial charge is 0.315 e. The van der Waals surface area contributed by atoms with E-state index < -0.39 is 12.1 Å². The van der Waals surface area contributed by atoms with E-state index in [2.05, 4.69) is 10.6 Å². The molecule has 7 heteroatoms. The standard InChI is InChI=1S/C10H22N2O5/c1-8(2)7-17-16-4-3-11-10(15)12-9(5-13)6-14/h8-9,13-14H,3-7H2,1-2H3,(H2,11,12,15). The normalized spacial score (nSPS) is 10.9. The topological polar surface area (TPSA) is 100 Å². The number of carbonyl (C=O) groups excluding carboxylic acids is 1. The van der Waals surface area contributed by atoms with Crippen LogP contribution in [0.3, 0.4) is 0 Å².